The Bertz CT molecular complexity index is 1250. The van der Waals surface area contributed by atoms with E-state index in [0.29, 0.717) is 24.4 Å². The van der Waals surface area contributed by atoms with Crippen LogP contribution in [0.25, 0.3) is 10.8 Å². The van der Waals surface area contributed by atoms with E-state index in [1.807, 2.05) is 98.4 Å². The summed E-state index contributed by atoms with van der Waals surface area (Å²) in [4.78, 5) is 30.8. The van der Waals surface area contributed by atoms with E-state index < -0.39 is 0 Å². The normalized spacial score (nSPS) is 12.0. The van der Waals surface area contributed by atoms with Crippen LogP contribution in [0.1, 0.15) is 42.1 Å². The summed E-state index contributed by atoms with van der Waals surface area (Å²) in [7, 11) is 1.96. The molecule has 0 bridgehead atoms. The van der Waals surface area contributed by atoms with Crippen LogP contribution in [0, 0.1) is 0 Å². The second-order valence-electron chi connectivity index (χ2n) is 8.66. The summed E-state index contributed by atoms with van der Waals surface area (Å²) in [6.07, 6.45) is 4.32. The molecule has 0 fully saturated rings. The average Bonchev–Trinajstić information content (AvgIpc) is 3.52. The molecule has 1 unspecified atom stereocenters. The van der Waals surface area contributed by atoms with Crippen molar-refractivity contribution in [3.05, 3.63) is 96.2 Å². The van der Waals surface area contributed by atoms with E-state index in [9.17, 15) is 9.59 Å². The van der Waals surface area contributed by atoms with Crippen LogP contribution in [0.2, 0.25) is 0 Å². The van der Waals surface area contributed by atoms with Gasteiger partial charge in [-0.1, -0.05) is 43.3 Å². The Balaban J connectivity index is 1.62. The van der Waals surface area contributed by atoms with Gasteiger partial charge in [-0.15, -0.1) is 0 Å². The van der Waals surface area contributed by atoms with E-state index in [2.05, 4.69) is 0 Å². The number of amides is 2. The number of aryl methyl sites for hydroxylation is 1. The van der Waals surface area contributed by atoms with Gasteiger partial charge in [0.15, 0.2) is 0 Å². The first-order valence-corrected chi connectivity index (χ1v) is 11.7. The largest absolute Gasteiger partial charge is 0.467 e. The number of furan rings is 1. The van der Waals surface area contributed by atoms with Gasteiger partial charge in [0, 0.05) is 30.5 Å². The monoisotopic (exact) mass is 457 g/mol. The number of carbonyl (C=O) groups excluding carboxylic acids is 2. The Hall–Kier alpha value is -3.80. The van der Waals surface area contributed by atoms with Crippen LogP contribution in [-0.2, 0) is 24.9 Å². The fraction of sp³-hybridized carbons (Fsp3) is 0.286. The standard InChI is InChI=1S/C28H31N3O3/c1-4-21(2)31(28(33)26-15-7-11-22-10-5-6-14-25(22)26)20-27(32)30(19-24-13-9-17-34-24)18-23-12-8-16-29(23)3/h5-17,21H,4,18-20H2,1-3H3. The molecule has 34 heavy (non-hydrogen) atoms. The summed E-state index contributed by atoms with van der Waals surface area (Å²) in [5.74, 6) is 0.459. The quantitative estimate of drug-likeness (QED) is 0.345. The highest BCUT2D eigenvalue weighted by Crippen LogP contribution is 2.22. The van der Waals surface area contributed by atoms with Gasteiger partial charge in [-0.2, -0.15) is 0 Å². The predicted molar refractivity (Wildman–Crippen MR) is 133 cm³/mol. The highest BCUT2D eigenvalue weighted by Gasteiger charge is 2.27. The summed E-state index contributed by atoms with van der Waals surface area (Å²) in [5, 5.41) is 1.90. The van der Waals surface area contributed by atoms with Crippen molar-refractivity contribution in [3.8, 4) is 0 Å². The fourth-order valence-electron chi connectivity index (χ4n) is 4.14. The molecule has 6 heteroatoms. The van der Waals surface area contributed by atoms with E-state index in [1.54, 1.807) is 16.1 Å². The minimum Gasteiger partial charge on any atom is -0.467 e. The molecule has 0 saturated heterocycles. The number of rotatable bonds is 9. The van der Waals surface area contributed by atoms with E-state index >= 15 is 0 Å². The minimum atomic E-state index is -0.128. The molecule has 0 saturated carbocycles. The van der Waals surface area contributed by atoms with Gasteiger partial charge in [0.2, 0.25) is 5.91 Å². The van der Waals surface area contributed by atoms with Gasteiger partial charge in [-0.25, -0.2) is 0 Å². The molecule has 2 heterocycles. The SMILES string of the molecule is CCC(C)N(CC(=O)N(Cc1ccco1)Cc1cccn1C)C(=O)c1cccc2ccccc12. The Morgan fingerprint density at radius 2 is 1.76 bits per heavy atom. The van der Waals surface area contributed by atoms with Gasteiger partial charge in [0.25, 0.3) is 5.91 Å². The van der Waals surface area contributed by atoms with Gasteiger partial charge in [-0.3, -0.25) is 9.59 Å². The number of nitrogens with zero attached hydrogens (tertiary/aromatic N) is 3. The molecule has 2 aromatic heterocycles. The van der Waals surface area contributed by atoms with Crippen LogP contribution < -0.4 is 0 Å². The molecule has 0 spiro atoms. The van der Waals surface area contributed by atoms with Crippen LogP contribution in [0.15, 0.2) is 83.6 Å². The van der Waals surface area contributed by atoms with E-state index in [0.717, 1.165) is 22.9 Å². The zero-order valence-electron chi connectivity index (χ0n) is 20.0. The van der Waals surface area contributed by atoms with Crippen LogP contribution >= 0.6 is 0 Å². The van der Waals surface area contributed by atoms with E-state index in [1.165, 1.54) is 0 Å². The molecule has 0 N–H and O–H groups in total. The van der Waals surface area contributed by atoms with E-state index in [-0.39, 0.29) is 24.4 Å². The molecule has 4 rings (SSSR count). The number of fused-ring (bicyclic) bond motifs is 1. The van der Waals surface area contributed by atoms with Gasteiger partial charge >= 0.3 is 0 Å². The van der Waals surface area contributed by atoms with Gasteiger partial charge in [-0.05, 0) is 54.4 Å². The molecule has 4 aromatic rings. The first-order valence-electron chi connectivity index (χ1n) is 11.7. The molecular weight excluding hydrogens is 426 g/mol. The third-order valence-corrected chi connectivity index (χ3v) is 6.39. The minimum absolute atomic E-state index is 0.00218. The number of hydrogen-bond donors (Lipinski definition) is 0. The van der Waals surface area contributed by atoms with Crippen molar-refractivity contribution in [1.29, 1.82) is 0 Å². The third kappa shape index (κ3) is 5.06. The van der Waals surface area contributed by atoms with Gasteiger partial charge in [0.05, 0.1) is 19.4 Å². The van der Waals surface area contributed by atoms with Crippen molar-refractivity contribution in [1.82, 2.24) is 14.4 Å². The molecule has 1 atom stereocenters. The van der Waals surface area contributed by atoms with Crippen molar-refractivity contribution in [2.24, 2.45) is 7.05 Å². The van der Waals surface area contributed by atoms with Crippen molar-refractivity contribution < 1.29 is 14.0 Å². The van der Waals surface area contributed by atoms with Crippen LogP contribution in [-0.4, -0.2) is 38.8 Å². The molecule has 2 amide bonds. The maximum Gasteiger partial charge on any atom is 0.255 e. The first kappa shape index (κ1) is 23.4. The zero-order chi connectivity index (χ0) is 24.1. The number of aromatic nitrogens is 1. The average molecular weight is 458 g/mol. The van der Waals surface area contributed by atoms with Crippen LogP contribution in [0.3, 0.4) is 0 Å². The lowest BCUT2D eigenvalue weighted by atomic mass is 10.0. The Morgan fingerprint density at radius 1 is 0.971 bits per heavy atom. The molecule has 6 nitrogen and oxygen atoms in total. The highest BCUT2D eigenvalue weighted by molar-refractivity contribution is 6.07. The summed E-state index contributed by atoms with van der Waals surface area (Å²) < 4.78 is 7.52. The van der Waals surface area contributed by atoms with Crippen molar-refractivity contribution >= 4 is 22.6 Å². The lowest BCUT2D eigenvalue weighted by Gasteiger charge is -2.31. The third-order valence-electron chi connectivity index (χ3n) is 6.39. The highest BCUT2D eigenvalue weighted by atomic mass is 16.3. The number of benzene rings is 2. The van der Waals surface area contributed by atoms with Gasteiger partial charge in [0.1, 0.15) is 12.3 Å². The topological polar surface area (TPSA) is 58.7 Å². The van der Waals surface area contributed by atoms with E-state index in [4.69, 9.17) is 4.42 Å². The van der Waals surface area contributed by atoms with Gasteiger partial charge < -0.3 is 18.8 Å². The second kappa shape index (κ2) is 10.4. The maximum absolute atomic E-state index is 13.7. The fourth-order valence-corrected chi connectivity index (χ4v) is 4.14. The zero-order valence-corrected chi connectivity index (χ0v) is 20.0. The summed E-state index contributed by atoms with van der Waals surface area (Å²) in [5.41, 5.74) is 1.63. The summed E-state index contributed by atoms with van der Waals surface area (Å²) >= 11 is 0. The molecule has 0 aliphatic rings. The molecule has 0 aliphatic carbocycles. The summed E-state index contributed by atoms with van der Waals surface area (Å²) in [6.45, 7) is 4.79. The Labute approximate surface area is 200 Å². The van der Waals surface area contributed by atoms with Crippen LogP contribution in [0.4, 0.5) is 0 Å². The predicted octanol–water partition coefficient (Wildman–Crippen LogP) is 5.24. The maximum atomic E-state index is 13.7. The Kier molecular flexibility index (Phi) is 7.16. The molecule has 176 valence electrons. The lowest BCUT2D eigenvalue weighted by molar-refractivity contribution is -0.134. The second-order valence-corrected chi connectivity index (χ2v) is 8.66. The molecule has 2 aromatic carbocycles. The molecule has 0 radical (unpaired) electrons. The lowest BCUT2D eigenvalue weighted by Crippen LogP contribution is -2.46. The first-order chi connectivity index (χ1) is 16.5. The number of carbonyl (C=O) groups is 2. The molecule has 0 aliphatic heterocycles. The van der Waals surface area contributed by atoms with Crippen LogP contribution in [0.5, 0.6) is 0 Å². The molecular formula is C28H31N3O3. The number of hydrogen-bond acceptors (Lipinski definition) is 3. The van der Waals surface area contributed by atoms with Crippen molar-refractivity contribution in [3.63, 3.8) is 0 Å². The van der Waals surface area contributed by atoms with Crippen molar-refractivity contribution in [2.75, 3.05) is 6.54 Å². The Morgan fingerprint density at radius 3 is 2.47 bits per heavy atom. The summed E-state index contributed by atoms with van der Waals surface area (Å²) in [6, 6.07) is 21.1. The smallest absolute Gasteiger partial charge is 0.255 e. The van der Waals surface area contributed by atoms with Crippen molar-refractivity contribution in [2.45, 2.75) is 39.4 Å².